The number of hydrogen-bond donors (Lipinski definition) is 5. The Balaban J connectivity index is 0. The Hall–Kier alpha value is -1.18. The van der Waals surface area contributed by atoms with Crippen LogP contribution < -0.4 is 5.73 Å². The molecule has 0 bridgehead atoms. The second kappa shape index (κ2) is 8.16. The number of aliphatic hydroxyl groups excluding tert-OH is 2. The molecule has 0 aliphatic heterocycles. The maximum atomic E-state index is 9.64. The van der Waals surface area contributed by atoms with Gasteiger partial charge in [-0.05, 0) is 6.92 Å². The van der Waals surface area contributed by atoms with Crippen LogP contribution in [0.4, 0.5) is 0 Å². The van der Waals surface area contributed by atoms with E-state index in [1.807, 2.05) is 0 Å². The van der Waals surface area contributed by atoms with Gasteiger partial charge in [0.1, 0.15) is 0 Å². The zero-order chi connectivity index (χ0) is 12.5. The van der Waals surface area contributed by atoms with Gasteiger partial charge in [-0.3, -0.25) is 9.59 Å². The minimum Gasteiger partial charge on any atom is -0.481 e. The smallest absolute Gasteiger partial charge is 0.303 e. The highest BCUT2D eigenvalue weighted by atomic mass is 16.4. The Morgan fingerprint density at radius 3 is 1.40 bits per heavy atom. The fourth-order valence-corrected chi connectivity index (χ4v) is 0.264. The Morgan fingerprint density at radius 2 is 1.33 bits per heavy atom. The number of hydrogen-bond acceptors (Lipinski definition) is 5. The largest absolute Gasteiger partial charge is 0.481 e. The quantitative estimate of drug-likeness (QED) is 0.387. The summed E-state index contributed by atoms with van der Waals surface area (Å²) in [6, 6.07) is 0. The van der Waals surface area contributed by atoms with E-state index in [1.165, 1.54) is 0 Å². The lowest BCUT2D eigenvalue weighted by Gasteiger charge is -2.16. The molecule has 6 N–H and O–H groups in total. The molecule has 0 amide bonds. The predicted octanol–water partition coefficient (Wildman–Crippen LogP) is -1.38. The Morgan fingerprint density at radius 1 is 1.07 bits per heavy atom. The van der Waals surface area contributed by atoms with Gasteiger partial charge in [-0.15, -0.1) is 0 Å². The molecule has 90 valence electrons. The molecule has 7 heteroatoms. The normalized spacial score (nSPS) is 10.1. The first-order valence-corrected chi connectivity index (χ1v) is 4.19. The van der Waals surface area contributed by atoms with E-state index in [4.69, 9.17) is 26.2 Å². The van der Waals surface area contributed by atoms with Crippen molar-refractivity contribution in [2.24, 2.45) is 5.73 Å². The molecular weight excluding hydrogens is 206 g/mol. The summed E-state index contributed by atoms with van der Waals surface area (Å²) in [5, 5.41) is 32.4. The summed E-state index contributed by atoms with van der Waals surface area (Å²) >= 11 is 0. The molecule has 0 rings (SSSR count). The molecule has 0 fully saturated rings. The molecule has 0 atom stereocenters. The summed E-state index contributed by atoms with van der Waals surface area (Å²) < 4.78 is 0. The number of carboxylic acids is 2. The van der Waals surface area contributed by atoms with Crippen molar-refractivity contribution < 1.29 is 30.0 Å². The molecule has 0 radical (unpaired) electrons. The third-order valence-electron chi connectivity index (χ3n) is 1.28. The first-order chi connectivity index (χ1) is 6.75. The molecule has 0 spiro atoms. The second-order valence-electron chi connectivity index (χ2n) is 3.26. The molecule has 0 aromatic rings. The number of aliphatic carboxylic acids is 2. The molecule has 7 nitrogen and oxygen atoms in total. The van der Waals surface area contributed by atoms with E-state index in [1.54, 1.807) is 6.92 Å². The molecule has 0 heterocycles. The number of carboxylic acid groups (broad SMARTS) is 2. The van der Waals surface area contributed by atoms with Crippen LogP contribution in [0.2, 0.25) is 0 Å². The SMILES string of the molecule is CC(N)(CO)CO.O=C(O)CCC(=O)O. The van der Waals surface area contributed by atoms with Gasteiger partial charge in [0.15, 0.2) is 0 Å². The fourth-order valence-electron chi connectivity index (χ4n) is 0.264. The highest BCUT2D eigenvalue weighted by Crippen LogP contribution is 1.91. The van der Waals surface area contributed by atoms with Crippen LogP contribution in [0.1, 0.15) is 19.8 Å². The Labute approximate surface area is 87.1 Å². The highest BCUT2D eigenvalue weighted by molar-refractivity contribution is 5.75. The van der Waals surface area contributed by atoms with Gasteiger partial charge in [0, 0.05) is 0 Å². The van der Waals surface area contributed by atoms with Crippen molar-refractivity contribution in [2.75, 3.05) is 13.2 Å². The maximum Gasteiger partial charge on any atom is 0.303 e. The van der Waals surface area contributed by atoms with Gasteiger partial charge >= 0.3 is 11.9 Å². The number of carbonyl (C=O) groups is 2. The van der Waals surface area contributed by atoms with E-state index in [2.05, 4.69) is 0 Å². The average Bonchev–Trinajstić information content (AvgIpc) is 2.16. The van der Waals surface area contributed by atoms with E-state index < -0.39 is 17.5 Å². The summed E-state index contributed by atoms with van der Waals surface area (Å²) in [6.45, 7) is 1.22. The van der Waals surface area contributed by atoms with Crippen LogP contribution >= 0.6 is 0 Å². The van der Waals surface area contributed by atoms with Crippen LogP contribution in [0, 0.1) is 0 Å². The first kappa shape index (κ1) is 16.3. The predicted molar refractivity (Wildman–Crippen MR) is 51.3 cm³/mol. The van der Waals surface area contributed by atoms with Gasteiger partial charge in [0.2, 0.25) is 0 Å². The van der Waals surface area contributed by atoms with E-state index in [0.717, 1.165) is 0 Å². The molecule has 0 aromatic carbocycles. The summed E-state index contributed by atoms with van der Waals surface area (Å²) in [4.78, 5) is 19.3. The van der Waals surface area contributed by atoms with Crippen molar-refractivity contribution >= 4 is 11.9 Å². The molecule has 0 saturated carbocycles. The Bertz CT molecular complexity index is 183. The molecule has 15 heavy (non-hydrogen) atoms. The van der Waals surface area contributed by atoms with Crippen molar-refractivity contribution in [3.8, 4) is 0 Å². The minimum atomic E-state index is -1.08. The third kappa shape index (κ3) is 15.6. The monoisotopic (exact) mass is 223 g/mol. The number of nitrogens with two attached hydrogens (primary N) is 1. The molecule has 0 aromatic heterocycles. The van der Waals surface area contributed by atoms with E-state index in [0.29, 0.717) is 0 Å². The van der Waals surface area contributed by atoms with Gasteiger partial charge in [-0.25, -0.2) is 0 Å². The lowest BCUT2D eigenvalue weighted by Crippen LogP contribution is -2.43. The Kier molecular flexibility index (Phi) is 8.84. The van der Waals surface area contributed by atoms with Crippen molar-refractivity contribution in [1.29, 1.82) is 0 Å². The van der Waals surface area contributed by atoms with Crippen LogP contribution in [0.15, 0.2) is 0 Å². The van der Waals surface area contributed by atoms with Crippen LogP contribution in [-0.4, -0.2) is 51.1 Å². The van der Waals surface area contributed by atoms with Gasteiger partial charge in [-0.2, -0.15) is 0 Å². The lowest BCUT2D eigenvalue weighted by molar-refractivity contribution is -0.143. The maximum absolute atomic E-state index is 9.64. The number of aliphatic hydroxyl groups is 2. The summed E-state index contributed by atoms with van der Waals surface area (Å²) in [5.41, 5.74) is 4.41. The van der Waals surface area contributed by atoms with Crippen LogP contribution in [0.3, 0.4) is 0 Å². The van der Waals surface area contributed by atoms with Crippen molar-refractivity contribution in [1.82, 2.24) is 0 Å². The summed E-state index contributed by atoms with van der Waals surface area (Å²) in [5.74, 6) is -2.15. The second-order valence-corrected chi connectivity index (χ2v) is 3.26. The van der Waals surface area contributed by atoms with Crippen LogP contribution in [0.25, 0.3) is 0 Å². The van der Waals surface area contributed by atoms with E-state index in [-0.39, 0.29) is 26.1 Å². The average molecular weight is 223 g/mol. The molecule has 0 unspecified atom stereocenters. The number of rotatable bonds is 5. The standard InChI is InChI=1S/C4H11NO2.C4H6O4/c1-4(5,2-6)3-7;5-3(6)1-2-4(7)8/h6-7H,2-3,5H2,1H3;1-2H2,(H,5,6)(H,7,8). The zero-order valence-corrected chi connectivity index (χ0v) is 8.51. The van der Waals surface area contributed by atoms with E-state index in [9.17, 15) is 9.59 Å². The fraction of sp³-hybridized carbons (Fsp3) is 0.750. The van der Waals surface area contributed by atoms with Gasteiger partial charge in [-0.1, -0.05) is 0 Å². The topological polar surface area (TPSA) is 141 Å². The van der Waals surface area contributed by atoms with Crippen molar-refractivity contribution in [2.45, 2.75) is 25.3 Å². The molecular formula is C8H17NO6. The molecule has 0 aliphatic carbocycles. The van der Waals surface area contributed by atoms with Crippen molar-refractivity contribution in [3.05, 3.63) is 0 Å². The van der Waals surface area contributed by atoms with Crippen LogP contribution in [-0.2, 0) is 9.59 Å². The third-order valence-corrected chi connectivity index (χ3v) is 1.28. The minimum absolute atomic E-state index is 0.177. The first-order valence-electron chi connectivity index (χ1n) is 4.19. The van der Waals surface area contributed by atoms with Crippen molar-refractivity contribution in [3.63, 3.8) is 0 Å². The highest BCUT2D eigenvalue weighted by Gasteiger charge is 2.13. The lowest BCUT2D eigenvalue weighted by atomic mass is 10.1. The summed E-state index contributed by atoms with van der Waals surface area (Å²) in [7, 11) is 0. The molecule has 0 saturated heterocycles. The van der Waals surface area contributed by atoms with Gasteiger partial charge in [0.25, 0.3) is 0 Å². The molecule has 0 aliphatic rings. The van der Waals surface area contributed by atoms with Crippen LogP contribution in [0.5, 0.6) is 0 Å². The zero-order valence-electron chi connectivity index (χ0n) is 8.51. The van der Waals surface area contributed by atoms with Gasteiger partial charge < -0.3 is 26.2 Å². The summed E-state index contributed by atoms with van der Waals surface area (Å²) in [6.07, 6.45) is -0.593. The van der Waals surface area contributed by atoms with E-state index >= 15 is 0 Å². The van der Waals surface area contributed by atoms with Gasteiger partial charge in [0.05, 0.1) is 31.6 Å².